The molecule has 1 heterocycles. The van der Waals surface area contributed by atoms with Crippen molar-refractivity contribution < 1.29 is 8.91 Å². The molecule has 1 fully saturated rings. The topological polar surface area (TPSA) is 64.9 Å². The van der Waals surface area contributed by atoms with Gasteiger partial charge in [0.1, 0.15) is 5.82 Å². The van der Waals surface area contributed by atoms with E-state index in [1.807, 2.05) is 6.07 Å². The summed E-state index contributed by atoms with van der Waals surface area (Å²) in [4.78, 5) is 4.47. The molecule has 0 radical (unpaired) electrons. The van der Waals surface area contributed by atoms with Crippen molar-refractivity contribution in [1.82, 2.24) is 10.1 Å². The molecule has 0 atom stereocenters. The molecule has 4 nitrogen and oxygen atoms in total. The second kappa shape index (κ2) is 7.88. The van der Waals surface area contributed by atoms with Crippen molar-refractivity contribution in [2.24, 2.45) is 11.1 Å². The molecule has 0 aliphatic heterocycles. The summed E-state index contributed by atoms with van der Waals surface area (Å²) in [5.41, 5.74) is 6.96. The Morgan fingerprint density at radius 3 is 2.70 bits per heavy atom. The van der Waals surface area contributed by atoms with Crippen molar-refractivity contribution in [3.05, 3.63) is 47.4 Å². The molecule has 126 valence electrons. The fraction of sp³-hybridized carbons (Fsp3) is 0.529. The highest BCUT2D eigenvalue weighted by Crippen LogP contribution is 2.38. The van der Waals surface area contributed by atoms with Crippen molar-refractivity contribution in [3.8, 4) is 0 Å². The lowest BCUT2D eigenvalue weighted by molar-refractivity contribution is 0.177. The molecule has 2 N–H and O–H groups in total. The SMILES string of the molecule is Cl.NCC1(Cc2nc(Cc3cccc(F)c3)no2)CCCCC1. The summed E-state index contributed by atoms with van der Waals surface area (Å²) in [6.07, 6.45) is 7.23. The zero-order valence-corrected chi connectivity index (χ0v) is 13.9. The maximum absolute atomic E-state index is 13.2. The highest BCUT2D eigenvalue weighted by molar-refractivity contribution is 5.85. The van der Waals surface area contributed by atoms with E-state index in [4.69, 9.17) is 10.3 Å². The average Bonchev–Trinajstić information content (AvgIpc) is 2.95. The van der Waals surface area contributed by atoms with E-state index in [1.165, 1.54) is 31.4 Å². The Morgan fingerprint density at radius 2 is 2.00 bits per heavy atom. The maximum Gasteiger partial charge on any atom is 0.227 e. The molecule has 3 rings (SSSR count). The highest BCUT2D eigenvalue weighted by Gasteiger charge is 2.32. The van der Waals surface area contributed by atoms with Crippen LogP contribution in [-0.4, -0.2) is 16.7 Å². The van der Waals surface area contributed by atoms with Crippen molar-refractivity contribution >= 4 is 12.4 Å². The number of hydrogen-bond acceptors (Lipinski definition) is 4. The molecule has 0 spiro atoms. The normalized spacial score (nSPS) is 16.8. The van der Waals surface area contributed by atoms with E-state index < -0.39 is 0 Å². The van der Waals surface area contributed by atoms with Crippen LogP contribution in [0.5, 0.6) is 0 Å². The van der Waals surface area contributed by atoms with Crippen LogP contribution in [0, 0.1) is 11.2 Å². The molecule has 0 amide bonds. The van der Waals surface area contributed by atoms with Gasteiger partial charge >= 0.3 is 0 Å². The Hall–Kier alpha value is -1.46. The lowest BCUT2D eigenvalue weighted by atomic mass is 9.72. The van der Waals surface area contributed by atoms with E-state index in [0.717, 1.165) is 24.8 Å². The van der Waals surface area contributed by atoms with E-state index in [9.17, 15) is 4.39 Å². The fourth-order valence-electron chi connectivity index (χ4n) is 3.34. The molecule has 1 saturated carbocycles. The van der Waals surface area contributed by atoms with Crippen LogP contribution in [0.15, 0.2) is 28.8 Å². The van der Waals surface area contributed by atoms with Crippen molar-refractivity contribution in [1.29, 1.82) is 0 Å². The Bertz CT molecular complexity index is 626. The quantitative estimate of drug-likeness (QED) is 0.902. The van der Waals surface area contributed by atoms with Crippen LogP contribution in [0.25, 0.3) is 0 Å². The number of nitrogens with zero attached hydrogens (tertiary/aromatic N) is 2. The van der Waals surface area contributed by atoms with Gasteiger partial charge in [-0.2, -0.15) is 4.98 Å². The molecule has 1 aliphatic carbocycles. The second-order valence-electron chi connectivity index (χ2n) is 6.35. The Labute approximate surface area is 142 Å². The van der Waals surface area contributed by atoms with Crippen LogP contribution in [0.2, 0.25) is 0 Å². The van der Waals surface area contributed by atoms with E-state index in [1.54, 1.807) is 6.07 Å². The molecule has 0 saturated heterocycles. The molecule has 1 aromatic carbocycles. The summed E-state index contributed by atoms with van der Waals surface area (Å²) in [6, 6.07) is 6.48. The number of nitrogens with two attached hydrogens (primary N) is 1. The van der Waals surface area contributed by atoms with Gasteiger partial charge in [-0.1, -0.05) is 36.6 Å². The summed E-state index contributed by atoms with van der Waals surface area (Å²) in [7, 11) is 0. The van der Waals surface area contributed by atoms with Crippen LogP contribution in [0.4, 0.5) is 4.39 Å². The number of benzene rings is 1. The Balaban J connectivity index is 0.00000192. The van der Waals surface area contributed by atoms with Gasteiger partial charge in [0.15, 0.2) is 5.82 Å². The zero-order valence-electron chi connectivity index (χ0n) is 13.1. The summed E-state index contributed by atoms with van der Waals surface area (Å²) in [6.45, 7) is 0.661. The van der Waals surface area contributed by atoms with Crippen LogP contribution in [-0.2, 0) is 12.8 Å². The van der Waals surface area contributed by atoms with E-state index in [2.05, 4.69) is 10.1 Å². The number of rotatable bonds is 5. The second-order valence-corrected chi connectivity index (χ2v) is 6.35. The van der Waals surface area contributed by atoms with Gasteiger partial charge in [-0.15, -0.1) is 12.4 Å². The summed E-state index contributed by atoms with van der Waals surface area (Å²) in [5.74, 6) is 1.01. The van der Waals surface area contributed by atoms with Crippen molar-refractivity contribution in [2.75, 3.05) is 6.54 Å². The van der Waals surface area contributed by atoms with Crippen LogP contribution >= 0.6 is 12.4 Å². The monoisotopic (exact) mass is 339 g/mol. The third-order valence-corrected chi connectivity index (χ3v) is 4.63. The molecule has 2 aromatic rings. The van der Waals surface area contributed by atoms with E-state index in [0.29, 0.717) is 24.7 Å². The number of halogens is 2. The largest absolute Gasteiger partial charge is 0.339 e. The van der Waals surface area contributed by atoms with Crippen LogP contribution < -0.4 is 5.73 Å². The zero-order chi connectivity index (χ0) is 15.4. The molecule has 0 unspecified atom stereocenters. The van der Waals surface area contributed by atoms with Crippen molar-refractivity contribution in [2.45, 2.75) is 44.9 Å². The first-order valence-electron chi connectivity index (χ1n) is 7.95. The molecule has 1 aliphatic rings. The third-order valence-electron chi connectivity index (χ3n) is 4.63. The minimum Gasteiger partial charge on any atom is -0.339 e. The summed E-state index contributed by atoms with van der Waals surface area (Å²) < 4.78 is 18.6. The molecule has 23 heavy (non-hydrogen) atoms. The molecular formula is C17H23ClFN3O. The first-order chi connectivity index (χ1) is 10.7. The van der Waals surface area contributed by atoms with E-state index in [-0.39, 0.29) is 23.6 Å². The van der Waals surface area contributed by atoms with Crippen molar-refractivity contribution in [3.63, 3.8) is 0 Å². The van der Waals surface area contributed by atoms with Gasteiger partial charge in [-0.25, -0.2) is 4.39 Å². The number of aromatic nitrogens is 2. The average molecular weight is 340 g/mol. The van der Waals surface area contributed by atoms with Crippen LogP contribution in [0.1, 0.15) is 49.4 Å². The molecule has 1 aromatic heterocycles. The molecular weight excluding hydrogens is 317 g/mol. The fourth-order valence-corrected chi connectivity index (χ4v) is 3.34. The third kappa shape index (κ3) is 4.52. The molecule has 0 bridgehead atoms. The minimum atomic E-state index is -0.245. The van der Waals surface area contributed by atoms with Gasteiger partial charge in [0.2, 0.25) is 5.89 Å². The summed E-state index contributed by atoms with van der Waals surface area (Å²) >= 11 is 0. The van der Waals surface area contributed by atoms with Gasteiger partial charge in [0.25, 0.3) is 0 Å². The minimum absolute atomic E-state index is 0. The smallest absolute Gasteiger partial charge is 0.227 e. The standard InChI is InChI=1S/C17H22FN3O.ClH/c18-14-6-4-5-13(9-14)10-15-20-16(22-21-15)11-17(12-19)7-2-1-3-8-17;/h4-6,9H,1-3,7-8,10-12,19H2;1H. The maximum atomic E-state index is 13.2. The first kappa shape index (κ1) is 17.9. The predicted molar refractivity (Wildman–Crippen MR) is 89.0 cm³/mol. The van der Waals surface area contributed by atoms with Gasteiger partial charge < -0.3 is 10.3 Å². The van der Waals surface area contributed by atoms with Crippen LogP contribution in [0.3, 0.4) is 0 Å². The highest BCUT2D eigenvalue weighted by atomic mass is 35.5. The summed E-state index contributed by atoms with van der Waals surface area (Å²) in [5, 5.41) is 4.02. The number of hydrogen-bond donors (Lipinski definition) is 1. The lowest BCUT2D eigenvalue weighted by Crippen LogP contribution is -2.35. The Morgan fingerprint density at radius 1 is 1.22 bits per heavy atom. The predicted octanol–water partition coefficient (Wildman–Crippen LogP) is 3.67. The lowest BCUT2D eigenvalue weighted by Gasteiger charge is -2.34. The van der Waals surface area contributed by atoms with Gasteiger partial charge in [-0.05, 0) is 42.5 Å². The van der Waals surface area contributed by atoms with E-state index >= 15 is 0 Å². The van der Waals surface area contributed by atoms with Gasteiger partial charge in [-0.3, -0.25) is 0 Å². The molecule has 6 heteroatoms. The Kier molecular flexibility index (Phi) is 6.13. The van der Waals surface area contributed by atoms with Gasteiger partial charge in [0.05, 0.1) is 0 Å². The first-order valence-corrected chi connectivity index (χ1v) is 7.95. The van der Waals surface area contributed by atoms with Gasteiger partial charge in [0, 0.05) is 12.8 Å².